The molecule has 0 aliphatic carbocycles. The van der Waals surface area contributed by atoms with Gasteiger partial charge in [0.1, 0.15) is 11.2 Å². The summed E-state index contributed by atoms with van der Waals surface area (Å²) in [6, 6.07) is -0.153. The Morgan fingerprint density at radius 2 is 2.05 bits per heavy atom. The third-order valence-electron chi connectivity index (χ3n) is 4.25. The standard InChI is InChI=1S/C14H23N5O2/c1-5-14(6-2)13(21)19(10(3)7-12(20)15-14)9-11-8-18(4)17-16-11/h8,10H,5-7,9H2,1-4H3,(H,15,20). The van der Waals surface area contributed by atoms with Crippen LogP contribution in [0, 0.1) is 0 Å². The number of hydrogen-bond donors (Lipinski definition) is 1. The van der Waals surface area contributed by atoms with Crippen LogP contribution in [0.25, 0.3) is 0 Å². The molecule has 0 saturated carbocycles. The molecule has 1 aromatic rings. The second-order valence-electron chi connectivity index (χ2n) is 5.71. The Labute approximate surface area is 124 Å². The van der Waals surface area contributed by atoms with Crippen molar-refractivity contribution in [1.29, 1.82) is 0 Å². The summed E-state index contributed by atoms with van der Waals surface area (Å²) >= 11 is 0. The van der Waals surface area contributed by atoms with E-state index in [0.717, 1.165) is 5.69 Å². The molecule has 2 rings (SSSR count). The predicted molar refractivity (Wildman–Crippen MR) is 77.1 cm³/mol. The van der Waals surface area contributed by atoms with E-state index in [0.29, 0.717) is 25.8 Å². The largest absolute Gasteiger partial charge is 0.342 e. The fourth-order valence-electron chi connectivity index (χ4n) is 2.82. The molecule has 1 fully saturated rings. The molecule has 1 N–H and O–H groups in total. The summed E-state index contributed by atoms with van der Waals surface area (Å²) in [5.41, 5.74) is -0.0718. The summed E-state index contributed by atoms with van der Waals surface area (Å²) < 4.78 is 1.61. The maximum atomic E-state index is 13.0. The molecule has 0 spiro atoms. The normalized spacial score (nSPS) is 22.1. The first-order valence-corrected chi connectivity index (χ1v) is 7.39. The quantitative estimate of drug-likeness (QED) is 0.882. The lowest BCUT2D eigenvalue weighted by molar-refractivity contribution is -0.141. The molecule has 1 atom stereocenters. The summed E-state index contributed by atoms with van der Waals surface area (Å²) in [5.74, 6) is -0.0994. The van der Waals surface area contributed by atoms with Crippen LogP contribution < -0.4 is 5.32 Å². The molecule has 0 radical (unpaired) electrons. The van der Waals surface area contributed by atoms with Crippen molar-refractivity contribution in [2.45, 2.75) is 58.2 Å². The smallest absolute Gasteiger partial charge is 0.248 e. The van der Waals surface area contributed by atoms with E-state index in [9.17, 15) is 9.59 Å². The van der Waals surface area contributed by atoms with E-state index in [2.05, 4.69) is 15.6 Å². The van der Waals surface area contributed by atoms with Crippen LogP contribution in [0.5, 0.6) is 0 Å². The van der Waals surface area contributed by atoms with Crippen LogP contribution in [0.3, 0.4) is 0 Å². The number of nitrogens with one attached hydrogen (secondary N) is 1. The van der Waals surface area contributed by atoms with Gasteiger partial charge in [0.05, 0.1) is 6.54 Å². The molecule has 1 aliphatic heterocycles. The minimum Gasteiger partial charge on any atom is -0.342 e. The van der Waals surface area contributed by atoms with Crippen molar-refractivity contribution in [2.75, 3.05) is 0 Å². The number of hydrogen-bond acceptors (Lipinski definition) is 4. The first kappa shape index (κ1) is 15.5. The van der Waals surface area contributed by atoms with Crippen molar-refractivity contribution in [3.63, 3.8) is 0 Å². The number of nitrogens with zero attached hydrogens (tertiary/aromatic N) is 4. The summed E-state index contributed by atoms with van der Waals surface area (Å²) in [6.07, 6.45) is 3.27. The van der Waals surface area contributed by atoms with Crippen molar-refractivity contribution in [3.05, 3.63) is 11.9 Å². The van der Waals surface area contributed by atoms with Gasteiger partial charge in [0.2, 0.25) is 11.8 Å². The van der Waals surface area contributed by atoms with E-state index in [-0.39, 0.29) is 17.9 Å². The second kappa shape index (κ2) is 5.83. The van der Waals surface area contributed by atoms with Crippen LogP contribution in [-0.2, 0) is 23.2 Å². The van der Waals surface area contributed by atoms with Crippen LogP contribution in [0.4, 0.5) is 0 Å². The highest BCUT2D eigenvalue weighted by atomic mass is 16.2. The molecule has 1 saturated heterocycles. The molecule has 2 heterocycles. The van der Waals surface area contributed by atoms with Gasteiger partial charge in [-0.25, -0.2) is 0 Å². The Morgan fingerprint density at radius 1 is 1.38 bits per heavy atom. The Kier molecular flexibility index (Phi) is 4.29. The minimum atomic E-state index is -0.802. The molecule has 21 heavy (non-hydrogen) atoms. The molecule has 0 aromatic carbocycles. The number of aryl methyl sites for hydroxylation is 1. The van der Waals surface area contributed by atoms with Crippen molar-refractivity contribution in [3.8, 4) is 0 Å². The fourth-order valence-corrected chi connectivity index (χ4v) is 2.82. The van der Waals surface area contributed by atoms with Crippen molar-refractivity contribution in [1.82, 2.24) is 25.2 Å². The van der Waals surface area contributed by atoms with Crippen LogP contribution in [0.2, 0.25) is 0 Å². The number of rotatable bonds is 4. The average Bonchev–Trinajstić information content (AvgIpc) is 2.83. The van der Waals surface area contributed by atoms with Gasteiger partial charge in [-0.05, 0) is 19.8 Å². The zero-order chi connectivity index (χ0) is 15.6. The Hall–Kier alpha value is -1.92. The highest BCUT2D eigenvalue weighted by Gasteiger charge is 2.44. The van der Waals surface area contributed by atoms with E-state index in [1.165, 1.54) is 0 Å². The first-order chi connectivity index (χ1) is 9.91. The van der Waals surface area contributed by atoms with Crippen LogP contribution in [0.1, 0.15) is 45.7 Å². The second-order valence-corrected chi connectivity index (χ2v) is 5.71. The molecule has 116 valence electrons. The molecule has 1 unspecified atom stereocenters. The monoisotopic (exact) mass is 293 g/mol. The molecule has 7 heteroatoms. The van der Waals surface area contributed by atoms with E-state index >= 15 is 0 Å². The number of carbonyl (C=O) groups is 2. The average molecular weight is 293 g/mol. The summed E-state index contributed by atoms with van der Waals surface area (Å²) in [7, 11) is 1.79. The zero-order valence-electron chi connectivity index (χ0n) is 13.1. The van der Waals surface area contributed by atoms with Crippen molar-refractivity contribution < 1.29 is 9.59 Å². The summed E-state index contributed by atoms with van der Waals surface area (Å²) in [4.78, 5) is 26.8. The van der Waals surface area contributed by atoms with Crippen LogP contribution in [0.15, 0.2) is 6.20 Å². The van der Waals surface area contributed by atoms with E-state index in [4.69, 9.17) is 0 Å². The fraction of sp³-hybridized carbons (Fsp3) is 0.714. The molecule has 1 aromatic heterocycles. The number of aromatic nitrogens is 3. The third-order valence-corrected chi connectivity index (χ3v) is 4.25. The van der Waals surface area contributed by atoms with Crippen molar-refractivity contribution in [2.24, 2.45) is 7.05 Å². The summed E-state index contributed by atoms with van der Waals surface area (Å²) in [6.45, 7) is 6.14. The number of amides is 2. The highest BCUT2D eigenvalue weighted by molar-refractivity contribution is 5.93. The molecule has 2 amide bonds. The van der Waals surface area contributed by atoms with Gasteiger partial charge in [0, 0.05) is 25.7 Å². The lowest BCUT2D eigenvalue weighted by Gasteiger charge is -2.35. The predicted octanol–water partition coefficient (Wildman–Crippen LogP) is 0.611. The molecular formula is C14H23N5O2. The van der Waals surface area contributed by atoms with Gasteiger partial charge in [-0.15, -0.1) is 5.10 Å². The SMILES string of the molecule is CCC1(CC)NC(=O)CC(C)N(Cc2cn(C)nn2)C1=O. The van der Waals surface area contributed by atoms with Gasteiger partial charge in [-0.2, -0.15) is 0 Å². The van der Waals surface area contributed by atoms with Gasteiger partial charge in [0.25, 0.3) is 0 Å². The maximum absolute atomic E-state index is 13.0. The highest BCUT2D eigenvalue weighted by Crippen LogP contribution is 2.25. The van der Waals surface area contributed by atoms with Crippen LogP contribution in [-0.4, -0.2) is 43.3 Å². The maximum Gasteiger partial charge on any atom is 0.248 e. The molecule has 7 nitrogen and oxygen atoms in total. The first-order valence-electron chi connectivity index (χ1n) is 7.39. The summed E-state index contributed by atoms with van der Waals surface area (Å²) in [5, 5.41) is 10.9. The topological polar surface area (TPSA) is 80.1 Å². The Bertz CT molecular complexity index is 535. The Morgan fingerprint density at radius 3 is 2.57 bits per heavy atom. The van der Waals surface area contributed by atoms with Gasteiger partial charge in [0.15, 0.2) is 0 Å². The van der Waals surface area contributed by atoms with E-state index in [1.54, 1.807) is 22.8 Å². The lowest BCUT2D eigenvalue weighted by atomic mass is 9.91. The molecule has 1 aliphatic rings. The van der Waals surface area contributed by atoms with Crippen LogP contribution >= 0.6 is 0 Å². The lowest BCUT2D eigenvalue weighted by Crippen LogP contribution is -2.56. The van der Waals surface area contributed by atoms with Gasteiger partial charge < -0.3 is 10.2 Å². The molecular weight excluding hydrogens is 270 g/mol. The molecule has 0 bridgehead atoms. The van der Waals surface area contributed by atoms with Crippen molar-refractivity contribution >= 4 is 11.8 Å². The van der Waals surface area contributed by atoms with E-state index < -0.39 is 5.54 Å². The third kappa shape index (κ3) is 2.91. The minimum absolute atomic E-state index is 0.0310. The van der Waals surface area contributed by atoms with Gasteiger partial charge in [-0.3, -0.25) is 14.3 Å². The van der Waals surface area contributed by atoms with Gasteiger partial charge >= 0.3 is 0 Å². The Balaban J connectivity index is 2.32. The number of carbonyl (C=O) groups excluding carboxylic acids is 2. The van der Waals surface area contributed by atoms with E-state index in [1.807, 2.05) is 20.8 Å². The van der Waals surface area contributed by atoms with Gasteiger partial charge in [-0.1, -0.05) is 19.1 Å². The zero-order valence-corrected chi connectivity index (χ0v) is 13.1.